The monoisotopic (exact) mass is 214 g/mol. The summed E-state index contributed by atoms with van der Waals surface area (Å²) in [4.78, 5) is 4.60. The lowest BCUT2D eigenvalue weighted by Gasteiger charge is -2.22. The Hall–Kier alpha value is -0.180. The summed E-state index contributed by atoms with van der Waals surface area (Å²) in [5.41, 5.74) is 0. The van der Waals surface area contributed by atoms with Crippen molar-refractivity contribution < 1.29 is 0 Å². The molecule has 2 nitrogen and oxygen atoms in total. The lowest BCUT2D eigenvalue weighted by Crippen LogP contribution is -2.34. The van der Waals surface area contributed by atoms with Gasteiger partial charge in [0.1, 0.15) is 0 Å². The highest BCUT2D eigenvalue weighted by atomic mass is 32.2. The molecular weight excluding hydrogens is 192 g/mol. The second kappa shape index (κ2) is 5.64. The predicted molar refractivity (Wildman–Crippen MR) is 66.0 cm³/mol. The summed E-state index contributed by atoms with van der Waals surface area (Å²) in [5, 5.41) is 4.64. The van der Waals surface area contributed by atoms with Crippen molar-refractivity contribution in [2.45, 2.75) is 52.6 Å². The molecule has 2 unspecified atom stereocenters. The zero-order valence-corrected chi connectivity index (χ0v) is 10.5. The van der Waals surface area contributed by atoms with Gasteiger partial charge in [0.05, 0.1) is 6.04 Å². The largest absolute Gasteiger partial charge is 0.362 e. The van der Waals surface area contributed by atoms with Gasteiger partial charge in [0.25, 0.3) is 0 Å². The highest BCUT2D eigenvalue weighted by Crippen LogP contribution is 2.16. The SMILES string of the molecule is CC(C)CC(C)NC1=NC(C)CCS1. The molecular formula is C11H22N2S. The van der Waals surface area contributed by atoms with Crippen LogP contribution in [0.25, 0.3) is 0 Å². The van der Waals surface area contributed by atoms with Crippen LogP contribution in [0.5, 0.6) is 0 Å². The first kappa shape index (κ1) is 11.9. The summed E-state index contributed by atoms with van der Waals surface area (Å²) < 4.78 is 0. The second-order valence-corrected chi connectivity index (χ2v) is 5.68. The minimum atomic E-state index is 0.505. The van der Waals surface area contributed by atoms with Gasteiger partial charge in [-0.25, -0.2) is 0 Å². The first-order chi connectivity index (χ1) is 6.58. The number of hydrogen-bond acceptors (Lipinski definition) is 3. The van der Waals surface area contributed by atoms with Crippen molar-refractivity contribution in [3.8, 4) is 0 Å². The van der Waals surface area contributed by atoms with Gasteiger partial charge in [-0.3, -0.25) is 4.99 Å². The van der Waals surface area contributed by atoms with Crippen molar-refractivity contribution >= 4 is 16.9 Å². The minimum absolute atomic E-state index is 0.505. The van der Waals surface area contributed by atoms with E-state index in [1.54, 1.807) is 0 Å². The van der Waals surface area contributed by atoms with Gasteiger partial charge in [0.2, 0.25) is 0 Å². The molecule has 3 heteroatoms. The third kappa shape index (κ3) is 4.36. The Labute approximate surface area is 92.0 Å². The third-order valence-electron chi connectivity index (χ3n) is 2.31. The van der Waals surface area contributed by atoms with Gasteiger partial charge in [-0.05, 0) is 32.6 Å². The minimum Gasteiger partial charge on any atom is -0.362 e. The van der Waals surface area contributed by atoms with Gasteiger partial charge in [-0.1, -0.05) is 25.6 Å². The van der Waals surface area contributed by atoms with Crippen molar-refractivity contribution in [1.29, 1.82) is 0 Å². The molecule has 1 aliphatic rings. The van der Waals surface area contributed by atoms with Crippen LogP contribution in [0.1, 0.15) is 40.5 Å². The average molecular weight is 214 g/mol. The molecule has 0 spiro atoms. The number of aliphatic imine (C=N–C) groups is 1. The fourth-order valence-corrected chi connectivity index (χ4v) is 2.88. The Morgan fingerprint density at radius 2 is 2.21 bits per heavy atom. The van der Waals surface area contributed by atoms with Crippen LogP contribution in [0.4, 0.5) is 0 Å². The molecule has 0 amide bonds. The lowest BCUT2D eigenvalue weighted by atomic mass is 10.1. The highest BCUT2D eigenvalue weighted by molar-refractivity contribution is 8.13. The van der Waals surface area contributed by atoms with Gasteiger partial charge in [-0.15, -0.1) is 0 Å². The van der Waals surface area contributed by atoms with E-state index in [0.717, 1.165) is 11.1 Å². The van der Waals surface area contributed by atoms with Gasteiger partial charge in [0, 0.05) is 11.8 Å². The van der Waals surface area contributed by atoms with Crippen molar-refractivity contribution in [3.63, 3.8) is 0 Å². The van der Waals surface area contributed by atoms with Crippen LogP contribution in [-0.4, -0.2) is 23.0 Å². The van der Waals surface area contributed by atoms with Crippen molar-refractivity contribution in [3.05, 3.63) is 0 Å². The van der Waals surface area contributed by atoms with Crippen LogP contribution >= 0.6 is 11.8 Å². The van der Waals surface area contributed by atoms with E-state index >= 15 is 0 Å². The van der Waals surface area contributed by atoms with Gasteiger partial charge >= 0.3 is 0 Å². The van der Waals surface area contributed by atoms with Crippen molar-refractivity contribution in [1.82, 2.24) is 5.32 Å². The number of thioether (sulfide) groups is 1. The number of nitrogens with zero attached hydrogens (tertiary/aromatic N) is 1. The molecule has 0 saturated heterocycles. The van der Waals surface area contributed by atoms with Gasteiger partial charge < -0.3 is 5.32 Å². The maximum atomic E-state index is 4.60. The van der Waals surface area contributed by atoms with E-state index in [4.69, 9.17) is 0 Å². The normalized spacial score (nSPS) is 24.6. The van der Waals surface area contributed by atoms with Crippen LogP contribution < -0.4 is 5.32 Å². The molecule has 1 aliphatic heterocycles. The summed E-state index contributed by atoms with van der Waals surface area (Å²) in [5.74, 6) is 1.96. The van der Waals surface area contributed by atoms with Crippen LogP contribution in [0.15, 0.2) is 4.99 Å². The van der Waals surface area contributed by atoms with E-state index in [2.05, 4.69) is 38.0 Å². The molecule has 1 heterocycles. The molecule has 82 valence electrons. The number of nitrogens with one attached hydrogen (secondary N) is 1. The first-order valence-corrected chi connectivity index (χ1v) is 6.53. The molecule has 1 N–H and O–H groups in total. The molecule has 0 aromatic heterocycles. The Balaban J connectivity index is 2.35. The van der Waals surface area contributed by atoms with E-state index < -0.39 is 0 Å². The van der Waals surface area contributed by atoms with Crippen molar-refractivity contribution in [2.75, 3.05) is 5.75 Å². The van der Waals surface area contributed by atoms with E-state index in [9.17, 15) is 0 Å². The van der Waals surface area contributed by atoms with E-state index in [1.165, 1.54) is 18.6 Å². The van der Waals surface area contributed by atoms with Crippen LogP contribution in [0.3, 0.4) is 0 Å². The highest BCUT2D eigenvalue weighted by Gasteiger charge is 2.13. The summed E-state index contributed by atoms with van der Waals surface area (Å²) >= 11 is 1.86. The van der Waals surface area contributed by atoms with Crippen LogP contribution in [0, 0.1) is 5.92 Å². The first-order valence-electron chi connectivity index (χ1n) is 5.55. The zero-order chi connectivity index (χ0) is 10.6. The molecule has 0 aromatic carbocycles. The smallest absolute Gasteiger partial charge is 0.157 e. The Morgan fingerprint density at radius 3 is 2.79 bits per heavy atom. The van der Waals surface area contributed by atoms with Crippen LogP contribution in [-0.2, 0) is 0 Å². The molecule has 14 heavy (non-hydrogen) atoms. The van der Waals surface area contributed by atoms with E-state index in [-0.39, 0.29) is 0 Å². The second-order valence-electron chi connectivity index (χ2n) is 4.60. The fraction of sp³-hybridized carbons (Fsp3) is 0.909. The van der Waals surface area contributed by atoms with Gasteiger partial charge in [-0.2, -0.15) is 0 Å². The molecule has 0 radical (unpaired) electrons. The van der Waals surface area contributed by atoms with E-state index in [1.807, 2.05) is 11.8 Å². The molecule has 0 aliphatic carbocycles. The Bertz CT molecular complexity index is 201. The lowest BCUT2D eigenvalue weighted by molar-refractivity contribution is 0.491. The van der Waals surface area contributed by atoms with E-state index in [0.29, 0.717) is 12.1 Å². The molecule has 0 bridgehead atoms. The van der Waals surface area contributed by atoms with Gasteiger partial charge in [0.15, 0.2) is 5.17 Å². The Morgan fingerprint density at radius 1 is 1.50 bits per heavy atom. The topological polar surface area (TPSA) is 24.4 Å². The van der Waals surface area contributed by atoms with Crippen molar-refractivity contribution in [2.24, 2.45) is 10.9 Å². The maximum Gasteiger partial charge on any atom is 0.157 e. The third-order valence-corrected chi connectivity index (χ3v) is 3.24. The number of amidine groups is 1. The maximum absolute atomic E-state index is 4.60. The predicted octanol–water partition coefficient (Wildman–Crippen LogP) is 2.89. The standard InChI is InChI=1S/C11H22N2S/c1-8(2)7-10(4)13-11-12-9(3)5-6-14-11/h8-10H,5-7H2,1-4H3,(H,12,13). The molecule has 1 rings (SSSR count). The summed E-state index contributed by atoms with van der Waals surface area (Å²) in [6, 6.07) is 1.05. The van der Waals surface area contributed by atoms with Crippen LogP contribution in [0.2, 0.25) is 0 Å². The Kier molecular flexibility index (Phi) is 4.79. The summed E-state index contributed by atoms with van der Waals surface area (Å²) in [7, 11) is 0. The number of hydrogen-bond donors (Lipinski definition) is 1. The average Bonchev–Trinajstić information content (AvgIpc) is 2.01. The number of rotatable bonds is 3. The molecule has 0 aromatic rings. The molecule has 0 fully saturated rings. The molecule has 2 atom stereocenters. The summed E-state index contributed by atoms with van der Waals surface area (Å²) in [6.07, 6.45) is 2.43. The zero-order valence-electron chi connectivity index (χ0n) is 9.71. The molecule has 0 saturated carbocycles. The fourth-order valence-electron chi connectivity index (χ4n) is 1.68. The quantitative estimate of drug-likeness (QED) is 0.781. The summed E-state index contributed by atoms with van der Waals surface area (Å²) in [6.45, 7) is 8.95.